The Morgan fingerprint density at radius 1 is 0.950 bits per heavy atom. The van der Waals surface area contributed by atoms with Gasteiger partial charge in [0.1, 0.15) is 18.1 Å². The normalized spacial score (nSPS) is 9.35. The first-order valence-electron chi connectivity index (χ1n) is 5.96. The van der Waals surface area contributed by atoms with Gasteiger partial charge in [0.2, 0.25) is 0 Å². The Kier molecular flexibility index (Phi) is 4.21. The van der Waals surface area contributed by atoms with Gasteiger partial charge in [-0.2, -0.15) is 10.5 Å². The van der Waals surface area contributed by atoms with Crippen molar-refractivity contribution in [2.45, 2.75) is 6.61 Å². The van der Waals surface area contributed by atoms with Gasteiger partial charge in [0.15, 0.2) is 0 Å². The van der Waals surface area contributed by atoms with Crippen LogP contribution in [-0.4, -0.2) is 7.11 Å². The summed E-state index contributed by atoms with van der Waals surface area (Å²) in [6.07, 6.45) is 0. The smallest absolute Gasteiger partial charge is 0.124 e. The van der Waals surface area contributed by atoms with Gasteiger partial charge in [-0.1, -0.05) is 12.1 Å². The summed E-state index contributed by atoms with van der Waals surface area (Å²) >= 11 is 0. The number of hydrogen-bond acceptors (Lipinski definition) is 4. The zero-order valence-corrected chi connectivity index (χ0v) is 11.0. The summed E-state index contributed by atoms with van der Waals surface area (Å²) < 4.78 is 10.7. The van der Waals surface area contributed by atoms with Crippen molar-refractivity contribution < 1.29 is 9.47 Å². The van der Waals surface area contributed by atoms with E-state index in [1.165, 1.54) is 7.11 Å². The lowest BCUT2D eigenvalue weighted by atomic mass is 10.1. The third-order valence-corrected chi connectivity index (χ3v) is 2.71. The van der Waals surface area contributed by atoms with Gasteiger partial charge in [-0.15, -0.1) is 0 Å². The second kappa shape index (κ2) is 6.26. The molecule has 0 atom stereocenters. The van der Waals surface area contributed by atoms with Gasteiger partial charge < -0.3 is 9.47 Å². The van der Waals surface area contributed by atoms with Crippen molar-refractivity contribution in [1.29, 1.82) is 10.5 Å². The fourth-order valence-electron chi connectivity index (χ4n) is 1.73. The molecule has 0 amide bonds. The fraction of sp³-hybridized carbons (Fsp3) is 0.125. The molecule has 0 unspecified atom stereocenters. The van der Waals surface area contributed by atoms with Crippen molar-refractivity contribution in [3.05, 3.63) is 59.2 Å². The van der Waals surface area contributed by atoms with Gasteiger partial charge in [-0.3, -0.25) is 0 Å². The molecule has 0 saturated heterocycles. The Morgan fingerprint density at radius 2 is 1.70 bits per heavy atom. The monoisotopic (exact) mass is 264 g/mol. The summed E-state index contributed by atoms with van der Waals surface area (Å²) in [5, 5.41) is 17.8. The molecule has 0 bridgehead atoms. The zero-order valence-electron chi connectivity index (χ0n) is 11.0. The van der Waals surface area contributed by atoms with Crippen molar-refractivity contribution in [1.82, 2.24) is 0 Å². The molecule has 0 aliphatic carbocycles. The zero-order chi connectivity index (χ0) is 14.4. The van der Waals surface area contributed by atoms with Crippen LogP contribution in [0.4, 0.5) is 0 Å². The molecule has 0 heterocycles. The molecule has 98 valence electrons. The molecule has 20 heavy (non-hydrogen) atoms. The van der Waals surface area contributed by atoms with E-state index in [1.54, 1.807) is 30.3 Å². The first-order chi connectivity index (χ1) is 9.75. The van der Waals surface area contributed by atoms with Crippen molar-refractivity contribution in [3.8, 4) is 23.6 Å². The highest BCUT2D eigenvalue weighted by Gasteiger charge is 2.03. The summed E-state index contributed by atoms with van der Waals surface area (Å²) in [7, 11) is 1.54. The molecule has 2 rings (SSSR count). The van der Waals surface area contributed by atoms with Crippen LogP contribution in [0.3, 0.4) is 0 Å². The van der Waals surface area contributed by atoms with Crippen molar-refractivity contribution in [2.24, 2.45) is 0 Å². The predicted octanol–water partition coefficient (Wildman–Crippen LogP) is 3.02. The van der Waals surface area contributed by atoms with Crippen LogP contribution in [0.25, 0.3) is 0 Å². The standard InChI is InChI=1S/C16H12N2O2/c1-19-15-6-14(10-18)7-16(8-15)20-11-13-4-2-3-12(5-13)9-17/h2-8H,11H2,1H3. The van der Waals surface area contributed by atoms with Gasteiger partial charge >= 0.3 is 0 Å². The molecule has 0 spiro atoms. The van der Waals surface area contributed by atoms with E-state index in [0.717, 1.165) is 5.56 Å². The lowest BCUT2D eigenvalue weighted by Gasteiger charge is -2.08. The second-order valence-electron chi connectivity index (χ2n) is 4.11. The topological polar surface area (TPSA) is 66.0 Å². The van der Waals surface area contributed by atoms with Gasteiger partial charge in [0.25, 0.3) is 0 Å². The summed E-state index contributed by atoms with van der Waals surface area (Å²) in [6.45, 7) is 0.327. The molecular weight excluding hydrogens is 252 g/mol. The number of hydrogen-bond donors (Lipinski definition) is 0. The number of nitrogens with zero attached hydrogens (tertiary/aromatic N) is 2. The summed E-state index contributed by atoms with van der Waals surface area (Å²) in [6, 6.07) is 16.3. The Hall–Kier alpha value is -2.98. The van der Waals surface area contributed by atoms with E-state index in [9.17, 15) is 0 Å². The maximum atomic E-state index is 8.94. The van der Waals surface area contributed by atoms with Crippen molar-refractivity contribution >= 4 is 0 Å². The van der Waals surface area contributed by atoms with Crippen molar-refractivity contribution in [2.75, 3.05) is 7.11 Å². The van der Waals surface area contributed by atoms with Crippen LogP contribution in [0, 0.1) is 22.7 Å². The van der Waals surface area contributed by atoms with E-state index < -0.39 is 0 Å². The van der Waals surface area contributed by atoms with E-state index in [0.29, 0.717) is 29.2 Å². The molecule has 0 aliphatic heterocycles. The maximum Gasteiger partial charge on any atom is 0.124 e. The molecule has 4 heteroatoms. The molecule has 2 aromatic rings. The molecule has 0 fully saturated rings. The number of ether oxygens (including phenoxy) is 2. The van der Waals surface area contributed by atoms with Crippen LogP contribution < -0.4 is 9.47 Å². The Balaban J connectivity index is 2.14. The van der Waals surface area contributed by atoms with Crippen LogP contribution in [0.2, 0.25) is 0 Å². The Morgan fingerprint density at radius 3 is 2.40 bits per heavy atom. The molecular formula is C16H12N2O2. The van der Waals surface area contributed by atoms with Crippen LogP contribution in [0.5, 0.6) is 11.5 Å². The number of benzene rings is 2. The largest absolute Gasteiger partial charge is 0.497 e. The van der Waals surface area contributed by atoms with Gasteiger partial charge in [-0.25, -0.2) is 0 Å². The van der Waals surface area contributed by atoms with Crippen LogP contribution in [-0.2, 0) is 6.61 Å². The molecule has 2 aromatic carbocycles. The SMILES string of the molecule is COc1cc(C#N)cc(OCc2cccc(C#N)c2)c1. The first-order valence-corrected chi connectivity index (χ1v) is 5.96. The lowest BCUT2D eigenvalue weighted by molar-refractivity contribution is 0.303. The van der Waals surface area contributed by atoms with Crippen LogP contribution >= 0.6 is 0 Å². The highest BCUT2D eigenvalue weighted by molar-refractivity contribution is 5.44. The highest BCUT2D eigenvalue weighted by Crippen LogP contribution is 2.23. The fourth-order valence-corrected chi connectivity index (χ4v) is 1.73. The predicted molar refractivity (Wildman–Crippen MR) is 73.2 cm³/mol. The average Bonchev–Trinajstić information content (AvgIpc) is 2.52. The Bertz CT molecular complexity index is 696. The minimum atomic E-state index is 0.327. The van der Waals surface area contributed by atoms with Gasteiger partial charge in [0.05, 0.1) is 30.4 Å². The molecule has 0 saturated carbocycles. The Labute approximate surface area is 117 Å². The van der Waals surface area contributed by atoms with E-state index in [-0.39, 0.29) is 0 Å². The van der Waals surface area contributed by atoms with Crippen molar-refractivity contribution in [3.63, 3.8) is 0 Å². The second-order valence-corrected chi connectivity index (χ2v) is 4.11. The van der Waals surface area contributed by atoms with Gasteiger partial charge in [0, 0.05) is 6.07 Å². The molecule has 0 radical (unpaired) electrons. The summed E-state index contributed by atoms with van der Waals surface area (Å²) in [5.41, 5.74) is 1.96. The number of nitriles is 2. The van der Waals surface area contributed by atoms with Crippen LogP contribution in [0.1, 0.15) is 16.7 Å². The molecule has 4 nitrogen and oxygen atoms in total. The third kappa shape index (κ3) is 3.28. The first kappa shape index (κ1) is 13.5. The van der Waals surface area contributed by atoms with E-state index in [2.05, 4.69) is 12.1 Å². The van der Waals surface area contributed by atoms with Gasteiger partial charge in [-0.05, 0) is 29.8 Å². The average molecular weight is 264 g/mol. The van der Waals surface area contributed by atoms with E-state index in [4.69, 9.17) is 20.0 Å². The highest BCUT2D eigenvalue weighted by atomic mass is 16.5. The number of rotatable bonds is 4. The summed E-state index contributed by atoms with van der Waals surface area (Å²) in [4.78, 5) is 0. The minimum absolute atomic E-state index is 0.327. The van der Waals surface area contributed by atoms with Crippen LogP contribution in [0.15, 0.2) is 42.5 Å². The van der Waals surface area contributed by atoms with E-state index >= 15 is 0 Å². The summed E-state index contributed by atoms with van der Waals surface area (Å²) in [5.74, 6) is 1.13. The quantitative estimate of drug-likeness (QED) is 0.851. The van der Waals surface area contributed by atoms with E-state index in [1.807, 2.05) is 12.1 Å². The maximum absolute atomic E-state index is 8.94. The molecule has 0 aliphatic rings. The lowest BCUT2D eigenvalue weighted by Crippen LogP contribution is -1.97. The molecule has 0 aromatic heterocycles. The minimum Gasteiger partial charge on any atom is -0.497 e. The molecule has 0 N–H and O–H groups in total. The number of methoxy groups -OCH3 is 1. The third-order valence-electron chi connectivity index (χ3n) is 2.71.